The molecule has 0 bridgehead atoms. The third kappa shape index (κ3) is 5.14. The van der Waals surface area contributed by atoms with Crippen molar-refractivity contribution in [3.05, 3.63) is 84.9 Å². The number of ether oxygens (including phenoxy) is 1. The smallest absolute Gasteiger partial charge is 0.248 e. The molecule has 1 N–H and O–H groups in total. The average molecular weight is 410 g/mol. The monoisotopic (exact) mass is 410 g/mol. The molecule has 0 fully saturated rings. The van der Waals surface area contributed by atoms with Gasteiger partial charge in [0.05, 0.1) is 17.6 Å². The Balaban J connectivity index is 1.84. The van der Waals surface area contributed by atoms with Crippen LogP contribution in [0, 0.1) is 0 Å². The van der Waals surface area contributed by atoms with Gasteiger partial charge in [0.15, 0.2) is 5.75 Å². The third-order valence-electron chi connectivity index (χ3n) is 4.22. The first-order chi connectivity index (χ1) is 13.9. The molecule has 6 nitrogen and oxygen atoms in total. The van der Waals surface area contributed by atoms with E-state index >= 15 is 0 Å². The molecule has 1 amide bonds. The van der Waals surface area contributed by atoms with E-state index in [4.69, 9.17) is 4.74 Å². The lowest BCUT2D eigenvalue weighted by Gasteiger charge is -2.28. The Bertz CT molecular complexity index is 1070. The molecule has 3 aromatic rings. The highest BCUT2D eigenvalue weighted by molar-refractivity contribution is 7.92. The summed E-state index contributed by atoms with van der Waals surface area (Å²) in [5, 5.41) is 2.78. The van der Waals surface area contributed by atoms with E-state index in [0.717, 1.165) is 10.6 Å². The average Bonchev–Trinajstić information content (AvgIpc) is 2.70. The van der Waals surface area contributed by atoms with Crippen LogP contribution < -0.4 is 14.4 Å². The van der Waals surface area contributed by atoms with Crippen LogP contribution in [0.3, 0.4) is 0 Å². The quantitative estimate of drug-likeness (QED) is 0.631. The highest BCUT2D eigenvalue weighted by Crippen LogP contribution is 2.30. The number of sulfonamides is 1. The summed E-state index contributed by atoms with van der Waals surface area (Å²) in [5.41, 5.74) is 0.876. The van der Waals surface area contributed by atoms with Crippen LogP contribution in [0.15, 0.2) is 84.9 Å². The maximum absolute atomic E-state index is 12.9. The summed E-state index contributed by atoms with van der Waals surface area (Å²) in [7, 11) is -3.67. The number of carbonyl (C=O) groups is 1. The topological polar surface area (TPSA) is 75.7 Å². The van der Waals surface area contributed by atoms with Gasteiger partial charge in [-0.05, 0) is 43.3 Å². The van der Waals surface area contributed by atoms with E-state index in [2.05, 4.69) is 5.32 Å². The second kappa shape index (κ2) is 8.79. The van der Waals surface area contributed by atoms with Crippen molar-refractivity contribution in [3.8, 4) is 11.5 Å². The highest BCUT2D eigenvalue weighted by atomic mass is 32.2. The van der Waals surface area contributed by atoms with Crippen molar-refractivity contribution < 1.29 is 17.9 Å². The Morgan fingerprint density at radius 1 is 0.897 bits per heavy atom. The van der Waals surface area contributed by atoms with Crippen LogP contribution in [0.2, 0.25) is 0 Å². The zero-order valence-electron chi connectivity index (χ0n) is 16.1. The van der Waals surface area contributed by atoms with Crippen LogP contribution in [0.5, 0.6) is 11.5 Å². The van der Waals surface area contributed by atoms with Crippen molar-refractivity contribution in [3.63, 3.8) is 0 Å². The van der Waals surface area contributed by atoms with Crippen molar-refractivity contribution >= 4 is 27.3 Å². The van der Waals surface area contributed by atoms with E-state index in [1.165, 1.54) is 0 Å². The van der Waals surface area contributed by atoms with Crippen molar-refractivity contribution in [2.75, 3.05) is 15.9 Å². The predicted molar refractivity (Wildman–Crippen MR) is 115 cm³/mol. The lowest BCUT2D eigenvalue weighted by atomic mass is 10.2. The van der Waals surface area contributed by atoms with Gasteiger partial charge in [0.1, 0.15) is 11.8 Å². The number of hydrogen-bond donors (Lipinski definition) is 1. The molecular formula is C22H22N2O4S. The molecule has 0 aliphatic heterocycles. The number of carbonyl (C=O) groups excluding carboxylic acids is 1. The number of nitrogens with zero attached hydrogens (tertiary/aromatic N) is 1. The SMILES string of the molecule is C[C@H](C(=O)Nc1ccccc1Oc1ccccc1)N(c1ccccc1)S(C)(=O)=O. The highest BCUT2D eigenvalue weighted by Gasteiger charge is 2.29. The van der Waals surface area contributed by atoms with Crippen LogP contribution >= 0.6 is 0 Å². The van der Waals surface area contributed by atoms with Crippen LogP contribution in [0.1, 0.15) is 6.92 Å². The summed E-state index contributed by atoms with van der Waals surface area (Å²) in [5.74, 6) is 0.623. The minimum atomic E-state index is -3.67. The van der Waals surface area contributed by atoms with E-state index in [1.807, 2.05) is 30.3 Å². The van der Waals surface area contributed by atoms with Crippen LogP contribution in [0.25, 0.3) is 0 Å². The van der Waals surface area contributed by atoms with Gasteiger partial charge in [0.2, 0.25) is 15.9 Å². The molecule has 0 saturated heterocycles. The largest absolute Gasteiger partial charge is 0.455 e. The predicted octanol–water partition coefficient (Wildman–Crippen LogP) is 4.27. The van der Waals surface area contributed by atoms with E-state index in [-0.39, 0.29) is 0 Å². The Labute approximate surface area is 170 Å². The lowest BCUT2D eigenvalue weighted by Crippen LogP contribution is -2.45. The van der Waals surface area contributed by atoms with E-state index in [1.54, 1.807) is 61.5 Å². The summed E-state index contributed by atoms with van der Waals surface area (Å²) in [6.07, 6.45) is 1.08. The van der Waals surface area contributed by atoms with Crippen LogP contribution in [-0.4, -0.2) is 26.6 Å². The molecule has 0 aliphatic carbocycles. The first-order valence-electron chi connectivity index (χ1n) is 9.03. The summed E-state index contributed by atoms with van der Waals surface area (Å²) in [4.78, 5) is 12.9. The fraction of sp³-hybridized carbons (Fsp3) is 0.136. The fourth-order valence-electron chi connectivity index (χ4n) is 2.90. The Morgan fingerprint density at radius 2 is 1.45 bits per heavy atom. The zero-order chi connectivity index (χ0) is 20.9. The van der Waals surface area contributed by atoms with Gasteiger partial charge in [0, 0.05) is 0 Å². The minimum Gasteiger partial charge on any atom is -0.455 e. The maximum Gasteiger partial charge on any atom is 0.248 e. The van der Waals surface area contributed by atoms with Crippen molar-refractivity contribution in [2.45, 2.75) is 13.0 Å². The van der Waals surface area contributed by atoms with Gasteiger partial charge >= 0.3 is 0 Å². The van der Waals surface area contributed by atoms with E-state index in [9.17, 15) is 13.2 Å². The van der Waals surface area contributed by atoms with Gasteiger partial charge in [0.25, 0.3) is 0 Å². The second-order valence-electron chi connectivity index (χ2n) is 6.47. The second-order valence-corrected chi connectivity index (χ2v) is 8.33. The molecular weight excluding hydrogens is 388 g/mol. The van der Waals surface area contributed by atoms with Gasteiger partial charge in [-0.2, -0.15) is 0 Å². The third-order valence-corrected chi connectivity index (χ3v) is 5.46. The Kier molecular flexibility index (Phi) is 6.19. The molecule has 3 aromatic carbocycles. The standard InChI is InChI=1S/C22H22N2O4S/c1-17(24(29(2,26)27)18-11-5-3-6-12-18)22(25)23-20-15-9-10-16-21(20)28-19-13-7-4-8-14-19/h3-17H,1-2H3,(H,23,25)/t17-/m1/s1. The molecule has 7 heteroatoms. The molecule has 0 spiro atoms. The Morgan fingerprint density at radius 3 is 2.07 bits per heavy atom. The van der Waals surface area contributed by atoms with E-state index < -0.39 is 22.0 Å². The molecule has 0 heterocycles. The van der Waals surface area contributed by atoms with Gasteiger partial charge in [-0.1, -0.05) is 48.5 Å². The molecule has 0 unspecified atom stereocenters. The van der Waals surface area contributed by atoms with Crippen LogP contribution in [-0.2, 0) is 14.8 Å². The lowest BCUT2D eigenvalue weighted by molar-refractivity contribution is -0.116. The number of para-hydroxylation sites is 4. The molecule has 150 valence electrons. The first-order valence-corrected chi connectivity index (χ1v) is 10.9. The van der Waals surface area contributed by atoms with Gasteiger partial charge in [-0.25, -0.2) is 8.42 Å². The summed E-state index contributed by atoms with van der Waals surface area (Å²) in [6, 6.07) is 23.8. The number of benzene rings is 3. The molecule has 0 radical (unpaired) electrons. The number of anilines is 2. The molecule has 0 aliphatic rings. The van der Waals surface area contributed by atoms with E-state index in [0.29, 0.717) is 22.9 Å². The van der Waals surface area contributed by atoms with Gasteiger partial charge in [-0.15, -0.1) is 0 Å². The summed E-state index contributed by atoms with van der Waals surface area (Å²) >= 11 is 0. The first kappa shape index (κ1) is 20.4. The van der Waals surface area contributed by atoms with Crippen LogP contribution in [0.4, 0.5) is 11.4 Å². The van der Waals surface area contributed by atoms with Gasteiger partial charge in [-0.3, -0.25) is 9.10 Å². The number of nitrogens with one attached hydrogen (secondary N) is 1. The zero-order valence-corrected chi connectivity index (χ0v) is 17.0. The van der Waals surface area contributed by atoms with Crippen molar-refractivity contribution in [2.24, 2.45) is 0 Å². The maximum atomic E-state index is 12.9. The molecule has 3 rings (SSSR count). The van der Waals surface area contributed by atoms with Crippen molar-refractivity contribution in [1.29, 1.82) is 0 Å². The Hall–Kier alpha value is -3.32. The van der Waals surface area contributed by atoms with Gasteiger partial charge < -0.3 is 10.1 Å². The molecule has 29 heavy (non-hydrogen) atoms. The van der Waals surface area contributed by atoms with Crippen molar-refractivity contribution in [1.82, 2.24) is 0 Å². The molecule has 0 aromatic heterocycles. The number of amides is 1. The normalized spacial score (nSPS) is 12.1. The summed E-state index contributed by atoms with van der Waals surface area (Å²) < 4.78 is 31.7. The minimum absolute atomic E-state index is 0.423. The number of rotatable bonds is 7. The number of hydrogen-bond acceptors (Lipinski definition) is 4. The molecule has 0 saturated carbocycles. The summed E-state index contributed by atoms with van der Waals surface area (Å²) in [6.45, 7) is 1.55. The molecule has 1 atom stereocenters. The fourth-order valence-corrected chi connectivity index (χ4v) is 4.07.